The normalized spacial score (nSPS) is 21.1. The van der Waals surface area contributed by atoms with Crippen LogP contribution in [-0.4, -0.2) is 14.7 Å². The van der Waals surface area contributed by atoms with E-state index in [0.29, 0.717) is 0 Å². The van der Waals surface area contributed by atoms with Gasteiger partial charge < -0.3 is 0 Å². The first-order valence-corrected chi connectivity index (χ1v) is 7.71. The minimum Gasteiger partial charge on any atom is -0.213 e. The minimum atomic E-state index is -3.10. The molecule has 1 heterocycles. The Morgan fingerprint density at radius 1 is 1.64 bits per heavy atom. The van der Waals surface area contributed by atoms with Crippen LogP contribution < -0.4 is 4.72 Å². The van der Waals surface area contributed by atoms with Crippen molar-refractivity contribution in [2.45, 2.75) is 18.9 Å². The van der Waals surface area contributed by atoms with Crippen molar-refractivity contribution in [1.29, 1.82) is 0 Å². The number of rotatable bonds is 2. The Morgan fingerprint density at radius 2 is 2.36 bits per heavy atom. The summed E-state index contributed by atoms with van der Waals surface area (Å²) >= 11 is 5.09. The monoisotopic (exact) mass is 295 g/mol. The SMILES string of the molecule is CS(=O)(=O)NC1CCc2sc(Br)cc21. The first-order chi connectivity index (χ1) is 6.46. The molecule has 0 bridgehead atoms. The third kappa shape index (κ3) is 2.18. The quantitative estimate of drug-likeness (QED) is 0.908. The van der Waals surface area contributed by atoms with Gasteiger partial charge in [-0.3, -0.25) is 0 Å². The van der Waals surface area contributed by atoms with Crippen molar-refractivity contribution < 1.29 is 8.42 Å². The molecular weight excluding hydrogens is 286 g/mol. The Labute approximate surface area is 95.7 Å². The molecule has 0 saturated heterocycles. The lowest BCUT2D eigenvalue weighted by atomic mass is 10.2. The molecule has 1 aliphatic carbocycles. The fraction of sp³-hybridized carbons (Fsp3) is 0.500. The van der Waals surface area contributed by atoms with Crippen molar-refractivity contribution >= 4 is 37.3 Å². The molecule has 0 aliphatic heterocycles. The lowest BCUT2D eigenvalue weighted by Gasteiger charge is -2.10. The highest BCUT2D eigenvalue weighted by Gasteiger charge is 2.26. The molecule has 1 unspecified atom stereocenters. The zero-order valence-corrected chi connectivity index (χ0v) is 10.8. The van der Waals surface area contributed by atoms with E-state index in [-0.39, 0.29) is 6.04 Å². The van der Waals surface area contributed by atoms with E-state index in [1.54, 1.807) is 11.3 Å². The summed E-state index contributed by atoms with van der Waals surface area (Å²) in [5, 5.41) is 0. The first kappa shape index (κ1) is 10.6. The fourth-order valence-corrected chi connectivity index (χ4v) is 4.27. The number of hydrogen-bond donors (Lipinski definition) is 1. The largest absolute Gasteiger partial charge is 0.213 e. The van der Waals surface area contributed by atoms with Gasteiger partial charge in [-0.1, -0.05) is 0 Å². The molecule has 3 nitrogen and oxygen atoms in total. The smallest absolute Gasteiger partial charge is 0.209 e. The second-order valence-electron chi connectivity index (χ2n) is 3.41. The molecule has 0 amide bonds. The topological polar surface area (TPSA) is 46.2 Å². The second-order valence-corrected chi connectivity index (χ2v) is 7.71. The number of sulfonamides is 1. The van der Waals surface area contributed by atoms with E-state index in [1.807, 2.05) is 6.07 Å². The van der Waals surface area contributed by atoms with E-state index in [1.165, 1.54) is 11.1 Å². The predicted octanol–water partition coefficient (Wildman–Crippen LogP) is 2.05. The maximum Gasteiger partial charge on any atom is 0.209 e. The van der Waals surface area contributed by atoms with Gasteiger partial charge in [0.15, 0.2) is 0 Å². The van der Waals surface area contributed by atoms with Crippen molar-refractivity contribution in [2.75, 3.05) is 6.26 Å². The van der Waals surface area contributed by atoms with Gasteiger partial charge in [-0.25, -0.2) is 13.1 Å². The van der Waals surface area contributed by atoms with Gasteiger partial charge in [0, 0.05) is 10.9 Å². The van der Waals surface area contributed by atoms with Crippen LogP contribution >= 0.6 is 27.3 Å². The molecule has 0 spiro atoms. The zero-order chi connectivity index (χ0) is 10.3. The molecule has 2 rings (SSSR count). The van der Waals surface area contributed by atoms with Crippen LogP contribution in [0.4, 0.5) is 0 Å². The highest BCUT2D eigenvalue weighted by Crippen LogP contribution is 2.39. The summed E-state index contributed by atoms with van der Waals surface area (Å²) in [6.07, 6.45) is 3.05. The Balaban J connectivity index is 2.26. The van der Waals surface area contributed by atoms with E-state index in [2.05, 4.69) is 20.7 Å². The molecule has 14 heavy (non-hydrogen) atoms. The Bertz CT molecular complexity index is 452. The lowest BCUT2D eigenvalue weighted by Crippen LogP contribution is -2.25. The molecule has 1 aromatic rings. The van der Waals surface area contributed by atoms with Crippen LogP contribution in [0.25, 0.3) is 0 Å². The standard InChI is InChI=1S/C8H10BrNO2S2/c1-14(11,12)10-6-2-3-7-5(6)4-8(9)13-7/h4,6,10H,2-3H2,1H3. The molecule has 78 valence electrons. The molecule has 0 aromatic carbocycles. The number of nitrogens with one attached hydrogen (secondary N) is 1. The van der Waals surface area contributed by atoms with Gasteiger partial charge in [-0.2, -0.15) is 0 Å². The minimum absolute atomic E-state index is 0.0254. The summed E-state index contributed by atoms with van der Waals surface area (Å²) in [5.74, 6) is 0. The van der Waals surface area contributed by atoms with Gasteiger partial charge in [0.25, 0.3) is 0 Å². The molecular formula is C8H10BrNO2S2. The summed E-state index contributed by atoms with van der Waals surface area (Å²) in [5.41, 5.74) is 1.13. The van der Waals surface area contributed by atoms with Crippen LogP contribution in [0.1, 0.15) is 22.9 Å². The van der Waals surface area contributed by atoms with Crippen LogP contribution in [0.15, 0.2) is 9.85 Å². The van der Waals surface area contributed by atoms with Crippen LogP contribution in [0, 0.1) is 0 Å². The second kappa shape index (κ2) is 3.59. The van der Waals surface area contributed by atoms with Gasteiger partial charge in [-0.15, -0.1) is 11.3 Å². The van der Waals surface area contributed by atoms with Gasteiger partial charge in [-0.05, 0) is 40.4 Å². The van der Waals surface area contributed by atoms with Crippen molar-refractivity contribution in [3.8, 4) is 0 Å². The average molecular weight is 296 g/mol. The van der Waals surface area contributed by atoms with Crippen molar-refractivity contribution in [3.63, 3.8) is 0 Å². The van der Waals surface area contributed by atoms with Gasteiger partial charge in [0.2, 0.25) is 10.0 Å². The van der Waals surface area contributed by atoms with E-state index in [4.69, 9.17) is 0 Å². The molecule has 1 atom stereocenters. The molecule has 0 fully saturated rings. The number of hydrogen-bond acceptors (Lipinski definition) is 3. The zero-order valence-electron chi connectivity index (χ0n) is 7.58. The Morgan fingerprint density at radius 3 is 3.00 bits per heavy atom. The molecule has 0 radical (unpaired) electrons. The third-order valence-electron chi connectivity index (χ3n) is 2.20. The molecule has 1 N–H and O–H groups in total. The van der Waals surface area contributed by atoms with Gasteiger partial charge in [0.05, 0.1) is 10.0 Å². The van der Waals surface area contributed by atoms with E-state index >= 15 is 0 Å². The highest BCUT2D eigenvalue weighted by molar-refractivity contribution is 9.11. The van der Waals surface area contributed by atoms with Gasteiger partial charge >= 0.3 is 0 Å². The van der Waals surface area contributed by atoms with Crippen LogP contribution in [0.2, 0.25) is 0 Å². The molecule has 0 saturated carbocycles. The van der Waals surface area contributed by atoms with Crippen molar-refractivity contribution in [3.05, 3.63) is 20.3 Å². The van der Waals surface area contributed by atoms with Crippen molar-refractivity contribution in [1.82, 2.24) is 4.72 Å². The maximum atomic E-state index is 11.1. The predicted molar refractivity (Wildman–Crippen MR) is 61.1 cm³/mol. The number of thiophene rings is 1. The average Bonchev–Trinajstić information content (AvgIpc) is 2.49. The number of aryl methyl sites for hydroxylation is 1. The Kier molecular flexibility index (Phi) is 2.72. The molecule has 1 aromatic heterocycles. The van der Waals surface area contributed by atoms with E-state index in [0.717, 1.165) is 22.2 Å². The maximum absolute atomic E-state index is 11.1. The number of halogens is 1. The molecule has 6 heteroatoms. The third-order valence-corrected chi connectivity index (χ3v) is 4.63. The summed E-state index contributed by atoms with van der Waals surface area (Å²) in [4.78, 5) is 1.29. The lowest BCUT2D eigenvalue weighted by molar-refractivity contribution is 0.560. The van der Waals surface area contributed by atoms with Gasteiger partial charge in [0.1, 0.15) is 0 Å². The van der Waals surface area contributed by atoms with E-state index in [9.17, 15) is 8.42 Å². The summed E-state index contributed by atoms with van der Waals surface area (Å²) in [7, 11) is -3.10. The van der Waals surface area contributed by atoms with Crippen LogP contribution in [0.3, 0.4) is 0 Å². The van der Waals surface area contributed by atoms with Crippen LogP contribution in [0.5, 0.6) is 0 Å². The summed E-state index contributed by atoms with van der Waals surface area (Å²) in [6, 6.07) is 1.98. The highest BCUT2D eigenvalue weighted by atomic mass is 79.9. The molecule has 1 aliphatic rings. The fourth-order valence-electron chi connectivity index (χ4n) is 1.71. The first-order valence-electron chi connectivity index (χ1n) is 4.21. The van der Waals surface area contributed by atoms with E-state index < -0.39 is 10.0 Å². The number of fused-ring (bicyclic) bond motifs is 1. The summed E-state index contributed by atoms with van der Waals surface area (Å²) < 4.78 is 25.9. The van der Waals surface area contributed by atoms with Crippen LogP contribution in [-0.2, 0) is 16.4 Å². The Hall–Kier alpha value is 0.0900. The van der Waals surface area contributed by atoms with Crippen molar-refractivity contribution in [2.24, 2.45) is 0 Å². The summed E-state index contributed by atoms with van der Waals surface area (Å²) in [6.45, 7) is 0.